The summed E-state index contributed by atoms with van der Waals surface area (Å²) in [4.78, 5) is 16.2. The number of carbonyl (C=O) groups excluding carboxylic acids is 1. The molecule has 0 atom stereocenters. The molecule has 2 N–H and O–H groups in total. The monoisotopic (exact) mass is 266 g/mol. The number of aliphatic hydroxyl groups excluding tert-OH is 1. The molecular formula is C16H14N2O2. The Labute approximate surface area is 117 Å². The Bertz CT molecular complexity index is 642. The van der Waals surface area contributed by atoms with E-state index in [1.807, 2.05) is 6.07 Å². The van der Waals surface area contributed by atoms with Crippen molar-refractivity contribution in [2.75, 3.05) is 11.9 Å². The number of nitrogens with one attached hydrogen (secondary N) is 1. The number of hydrogen-bond acceptors (Lipinski definition) is 3. The lowest BCUT2D eigenvalue weighted by Gasteiger charge is -2.06. The molecule has 1 amide bonds. The highest BCUT2D eigenvalue weighted by atomic mass is 16.2. The fraction of sp³-hybridized carbons (Fsp3) is 0.125. The van der Waals surface area contributed by atoms with Gasteiger partial charge in [-0.15, -0.1) is 0 Å². The first-order chi connectivity index (χ1) is 9.81. The van der Waals surface area contributed by atoms with E-state index in [1.54, 1.807) is 42.7 Å². The molecule has 0 saturated heterocycles. The number of carbonyl (C=O) groups is 1. The van der Waals surface area contributed by atoms with Crippen LogP contribution in [0.3, 0.4) is 0 Å². The van der Waals surface area contributed by atoms with Crippen LogP contribution < -0.4 is 5.32 Å². The summed E-state index contributed by atoms with van der Waals surface area (Å²) in [6.45, 7) is 0.0110. The average molecular weight is 266 g/mol. The Morgan fingerprint density at radius 2 is 2.10 bits per heavy atom. The maximum atomic E-state index is 12.2. The molecule has 0 aliphatic heterocycles. The molecule has 1 aromatic carbocycles. The summed E-state index contributed by atoms with van der Waals surface area (Å²) in [5.41, 5.74) is 1.78. The van der Waals surface area contributed by atoms with Crippen molar-refractivity contribution in [3.63, 3.8) is 0 Å². The van der Waals surface area contributed by atoms with Crippen molar-refractivity contribution in [3.05, 3.63) is 59.9 Å². The predicted octanol–water partition coefficient (Wildman–Crippen LogP) is 2.07. The third kappa shape index (κ3) is 3.67. The van der Waals surface area contributed by atoms with Crippen LogP contribution in [0.15, 0.2) is 48.8 Å². The van der Waals surface area contributed by atoms with E-state index >= 15 is 0 Å². The summed E-state index contributed by atoms with van der Waals surface area (Å²) in [7, 11) is 0. The van der Waals surface area contributed by atoms with E-state index in [4.69, 9.17) is 5.11 Å². The van der Waals surface area contributed by atoms with Gasteiger partial charge in [-0.1, -0.05) is 24.0 Å². The van der Waals surface area contributed by atoms with E-state index in [2.05, 4.69) is 22.1 Å². The summed E-state index contributed by atoms with van der Waals surface area (Å²) >= 11 is 0. The topological polar surface area (TPSA) is 62.2 Å². The molecular weight excluding hydrogens is 252 g/mol. The van der Waals surface area contributed by atoms with Crippen LogP contribution in [-0.2, 0) is 0 Å². The normalized spacial score (nSPS) is 9.45. The van der Waals surface area contributed by atoms with Gasteiger partial charge in [0.1, 0.15) is 0 Å². The van der Waals surface area contributed by atoms with E-state index in [0.29, 0.717) is 23.2 Å². The summed E-state index contributed by atoms with van der Waals surface area (Å²) in [6, 6.07) is 10.6. The SMILES string of the molecule is O=C(Nc1cccnc1)c1ccccc1C#CCCO. The Morgan fingerprint density at radius 3 is 2.85 bits per heavy atom. The van der Waals surface area contributed by atoms with Gasteiger partial charge in [0, 0.05) is 18.2 Å². The van der Waals surface area contributed by atoms with Gasteiger partial charge in [0.05, 0.1) is 24.1 Å². The van der Waals surface area contributed by atoms with Gasteiger partial charge in [0.25, 0.3) is 5.91 Å². The molecule has 0 aliphatic carbocycles. The van der Waals surface area contributed by atoms with E-state index in [0.717, 1.165) is 0 Å². The molecule has 4 heteroatoms. The molecule has 2 aromatic rings. The van der Waals surface area contributed by atoms with Crippen molar-refractivity contribution in [1.29, 1.82) is 0 Å². The van der Waals surface area contributed by atoms with Gasteiger partial charge in [-0.3, -0.25) is 9.78 Å². The number of pyridine rings is 1. The van der Waals surface area contributed by atoms with Crippen molar-refractivity contribution in [2.45, 2.75) is 6.42 Å². The summed E-state index contributed by atoms with van der Waals surface area (Å²) < 4.78 is 0. The average Bonchev–Trinajstić information content (AvgIpc) is 2.49. The molecule has 1 aromatic heterocycles. The number of benzene rings is 1. The molecule has 0 spiro atoms. The molecule has 0 radical (unpaired) electrons. The summed E-state index contributed by atoms with van der Waals surface area (Å²) in [5.74, 6) is 5.48. The van der Waals surface area contributed by atoms with Gasteiger partial charge in [-0.05, 0) is 24.3 Å². The molecule has 0 unspecified atom stereocenters. The number of aromatic nitrogens is 1. The minimum Gasteiger partial charge on any atom is -0.395 e. The van der Waals surface area contributed by atoms with E-state index < -0.39 is 0 Å². The lowest BCUT2D eigenvalue weighted by Crippen LogP contribution is -2.13. The van der Waals surface area contributed by atoms with Crippen molar-refractivity contribution in [1.82, 2.24) is 4.98 Å². The molecule has 20 heavy (non-hydrogen) atoms. The Balaban J connectivity index is 2.20. The molecule has 0 aliphatic rings. The zero-order chi connectivity index (χ0) is 14.2. The quantitative estimate of drug-likeness (QED) is 0.836. The van der Waals surface area contributed by atoms with Gasteiger partial charge in [-0.25, -0.2) is 0 Å². The van der Waals surface area contributed by atoms with Crippen LogP contribution in [0, 0.1) is 11.8 Å². The minimum atomic E-state index is -0.230. The predicted molar refractivity (Wildman–Crippen MR) is 77.2 cm³/mol. The zero-order valence-corrected chi connectivity index (χ0v) is 10.8. The number of aliphatic hydroxyl groups is 1. The van der Waals surface area contributed by atoms with E-state index in [1.165, 1.54) is 0 Å². The van der Waals surface area contributed by atoms with Gasteiger partial charge >= 0.3 is 0 Å². The van der Waals surface area contributed by atoms with Gasteiger partial charge in [0.2, 0.25) is 0 Å². The third-order valence-corrected chi connectivity index (χ3v) is 2.55. The van der Waals surface area contributed by atoms with Crippen LogP contribution in [0.2, 0.25) is 0 Å². The van der Waals surface area contributed by atoms with Crippen LogP contribution in [0.25, 0.3) is 0 Å². The Kier molecular flexibility index (Phi) is 4.87. The first-order valence-electron chi connectivity index (χ1n) is 6.21. The van der Waals surface area contributed by atoms with Crippen molar-refractivity contribution >= 4 is 11.6 Å². The standard InChI is InChI=1S/C16H14N2O2/c19-11-4-3-7-13-6-1-2-9-15(13)16(20)18-14-8-5-10-17-12-14/h1-2,5-6,8-10,12,19H,4,11H2,(H,18,20). The summed E-state index contributed by atoms with van der Waals surface area (Å²) in [6.07, 6.45) is 3.61. The molecule has 0 saturated carbocycles. The van der Waals surface area contributed by atoms with Crippen molar-refractivity contribution in [3.8, 4) is 11.8 Å². The Morgan fingerprint density at radius 1 is 1.25 bits per heavy atom. The van der Waals surface area contributed by atoms with Crippen LogP contribution >= 0.6 is 0 Å². The second-order valence-corrected chi connectivity index (χ2v) is 4.02. The van der Waals surface area contributed by atoms with Gasteiger partial charge < -0.3 is 10.4 Å². The fourth-order valence-corrected chi connectivity index (χ4v) is 1.64. The van der Waals surface area contributed by atoms with E-state index in [9.17, 15) is 4.79 Å². The highest BCUT2D eigenvalue weighted by Gasteiger charge is 2.09. The molecule has 100 valence electrons. The molecule has 4 nitrogen and oxygen atoms in total. The molecule has 1 heterocycles. The molecule has 0 bridgehead atoms. The lowest BCUT2D eigenvalue weighted by molar-refractivity contribution is 0.102. The maximum absolute atomic E-state index is 12.2. The minimum absolute atomic E-state index is 0.0110. The van der Waals surface area contributed by atoms with Crippen LogP contribution in [0.1, 0.15) is 22.3 Å². The second-order valence-electron chi connectivity index (χ2n) is 4.02. The molecule has 2 rings (SSSR count). The highest BCUT2D eigenvalue weighted by Crippen LogP contribution is 2.11. The van der Waals surface area contributed by atoms with Crippen LogP contribution in [0.5, 0.6) is 0 Å². The second kappa shape index (κ2) is 7.07. The highest BCUT2D eigenvalue weighted by molar-refractivity contribution is 6.05. The van der Waals surface area contributed by atoms with Crippen LogP contribution in [0.4, 0.5) is 5.69 Å². The smallest absolute Gasteiger partial charge is 0.256 e. The number of rotatable bonds is 3. The largest absolute Gasteiger partial charge is 0.395 e. The van der Waals surface area contributed by atoms with Gasteiger partial charge in [0.15, 0.2) is 0 Å². The van der Waals surface area contributed by atoms with Crippen molar-refractivity contribution < 1.29 is 9.90 Å². The maximum Gasteiger partial charge on any atom is 0.256 e. The zero-order valence-electron chi connectivity index (χ0n) is 10.8. The lowest BCUT2D eigenvalue weighted by atomic mass is 10.1. The van der Waals surface area contributed by atoms with Gasteiger partial charge in [-0.2, -0.15) is 0 Å². The number of anilines is 1. The number of hydrogen-bond donors (Lipinski definition) is 2. The molecule has 0 fully saturated rings. The van der Waals surface area contributed by atoms with Crippen molar-refractivity contribution in [2.24, 2.45) is 0 Å². The third-order valence-electron chi connectivity index (χ3n) is 2.55. The van der Waals surface area contributed by atoms with Crippen LogP contribution in [-0.4, -0.2) is 22.6 Å². The fourth-order valence-electron chi connectivity index (χ4n) is 1.64. The van der Waals surface area contributed by atoms with E-state index in [-0.39, 0.29) is 12.5 Å². The first kappa shape index (κ1) is 13.8. The number of nitrogens with zero attached hydrogens (tertiary/aromatic N) is 1. The Hall–Kier alpha value is -2.64. The first-order valence-corrected chi connectivity index (χ1v) is 6.21. The summed E-state index contributed by atoms with van der Waals surface area (Å²) in [5, 5.41) is 11.5. The number of amides is 1.